The van der Waals surface area contributed by atoms with Gasteiger partial charge in [-0.25, -0.2) is 4.98 Å². The topological polar surface area (TPSA) is 12.9 Å². The van der Waals surface area contributed by atoms with Crippen LogP contribution in [0.3, 0.4) is 0 Å². The zero-order chi connectivity index (χ0) is 9.56. The van der Waals surface area contributed by atoms with Gasteiger partial charge >= 0.3 is 0 Å². The van der Waals surface area contributed by atoms with Crippen molar-refractivity contribution in [1.29, 1.82) is 0 Å². The van der Waals surface area contributed by atoms with Gasteiger partial charge in [-0.15, -0.1) is 11.3 Å². The predicted octanol–water partition coefficient (Wildman–Crippen LogP) is 4.10. The normalized spacial score (nSPS) is 9.50. The second kappa shape index (κ2) is 6.18. The van der Waals surface area contributed by atoms with Crippen molar-refractivity contribution < 1.29 is 1.43 Å². The fourth-order valence-corrected chi connectivity index (χ4v) is 1.66. The molecule has 0 bridgehead atoms. The number of aryl methyl sites for hydroxylation is 1. The van der Waals surface area contributed by atoms with Crippen molar-refractivity contribution in [1.82, 2.24) is 4.98 Å². The smallest absolute Gasteiger partial charge is 0.0925 e. The first-order chi connectivity index (χ1) is 5.74. The van der Waals surface area contributed by atoms with E-state index in [1.165, 1.54) is 10.7 Å². The Kier molecular flexibility index (Phi) is 5.99. The quantitative estimate of drug-likeness (QED) is 0.679. The standard InChI is InChI=1S/C8H13NS.C2H6.H2/c1-4-8-9-7(5-10-8)6(2)3;1-2;/h5-6H,4H2,1-3H3;1-2H3;1H. The van der Waals surface area contributed by atoms with Crippen molar-refractivity contribution in [3.63, 3.8) is 0 Å². The number of aromatic nitrogens is 1. The molecule has 0 atom stereocenters. The van der Waals surface area contributed by atoms with E-state index in [-0.39, 0.29) is 1.43 Å². The third kappa shape index (κ3) is 3.35. The van der Waals surface area contributed by atoms with E-state index in [0.29, 0.717) is 5.92 Å². The van der Waals surface area contributed by atoms with E-state index in [4.69, 9.17) is 0 Å². The molecule has 1 nitrogen and oxygen atoms in total. The molecule has 0 saturated heterocycles. The molecule has 0 saturated carbocycles. The Labute approximate surface area is 81.3 Å². The SMILES string of the molecule is CC.CCc1nc(C(C)C)cs1.[HH]. The minimum absolute atomic E-state index is 0. The summed E-state index contributed by atoms with van der Waals surface area (Å²) in [4.78, 5) is 4.45. The highest BCUT2D eigenvalue weighted by molar-refractivity contribution is 7.09. The molecule has 0 unspecified atom stereocenters. The Morgan fingerprint density at radius 3 is 2.33 bits per heavy atom. The largest absolute Gasteiger partial charge is 0.246 e. The van der Waals surface area contributed by atoms with Crippen LogP contribution in [0, 0.1) is 0 Å². The molecule has 12 heavy (non-hydrogen) atoms. The van der Waals surface area contributed by atoms with Gasteiger partial charge in [-0.3, -0.25) is 0 Å². The molecule has 0 radical (unpaired) electrons. The molecule has 0 fully saturated rings. The molecule has 72 valence electrons. The van der Waals surface area contributed by atoms with Gasteiger partial charge in [0.2, 0.25) is 0 Å². The summed E-state index contributed by atoms with van der Waals surface area (Å²) in [6.07, 6.45) is 1.07. The third-order valence-electron chi connectivity index (χ3n) is 1.46. The van der Waals surface area contributed by atoms with Crippen molar-refractivity contribution >= 4 is 11.3 Å². The van der Waals surface area contributed by atoms with E-state index in [9.17, 15) is 0 Å². The van der Waals surface area contributed by atoms with Gasteiger partial charge in [0.05, 0.1) is 10.7 Å². The van der Waals surface area contributed by atoms with Gasteiger partial charge in [0.1, 0.15) is 0 Å². The highest BCUT2D eigenvalue weighted by Crippen LogP contribution is 2.17. The summed E-state index contributed by atoms with van der Waals surface area (Å²) in [5.41, 5.74) is 1.24. The van der Waals surface area contributed by atoms with Crippen LogP contribution in [0.15, 0.2) is 5.38 Å². The van der Waals surface area contributed by atoms with Crippen LogP contribution >= 0.6 is 11.3 Å². The van der Waals surface area contributed by atoms with E-state index >= 15 is 0 Å². The number of nitrogens with zero attached hydrogens (tertiary/aromatic N) is 1. The summed E-state index contributed by atoms with van der Waals surface area (Å²) in [7, 11) is 0. The molecule has 1 aromatic rings. The van der Waals surface area contributed by atoms with Gasteiger partial charge in [0.15, 0.2) is 0 Å². The molecule has 0 amide bonds. The van der Waals surface area contributed by atoms with Crippen LogP contribution in [0.2, 0.25) is 0 Å². The molecule has 1 aromatic heterocycles. The summed E-state index contributed by atoms with van der Waals surface area (Å²) >= 11 is 1.77. The van der Waals surface area contributed by atoms with Crippen LogP contribution in [0.5, 0.6) is 0 Å². The van der Waals surface area contributed by atoms with Gasteiger partial charge in [-0.05, 0) is 12.3 Å². The third-order valence-corrected chi connectivity index (χ3v) is 2.47. The van der Waals surface area contributed by atoms with Gasteiger partial charge in [-0.1, -0.05) is 34.6 Å². The van der Waals surface area contributed by atoms with Crippen molar-refractivity contribution in [3.8, 4) is 0 Å². The summed E-state index contributed by atoms with van der Waals surface area (Å²) in [5.74, 6) is 0.580. The van der Waals surface area contributed by atoms with Crippen LogP contribution in [-0.2, 0) is 6.42 Å². The molecule has 1 rings (SSSR count). The fourth-order valence-electron chi connectivity index (χ4n) is 0.753. The van der Waals surface area contributed by atoms with E-state index in [0.717, 1.165) is 6.42 Å². The highest BCUT2D eigenvalue weighted by Gasteiger charge is 2.02. The summed E-state index contributed by atoms with van der Waals surface area (Å²) < 4.78 is 0. The number of hydrogen-bond donors (Lipinski definition) is 0. The number of rotatable bonds is 2. The van der Waals surface area contributed by atoms with Gasteiger partial charge in [-0.2, -0.15) is 0 Å². The molecule has 1 heterocycles. The predicted molar refractivity (Wildman–Crippen MR) is 59.0 cm³/mol. The van der Waals surface area contributed by atoms with E-state index in [1.807, 2.05) is 13.8 Å². The van der Waals surface area contributed by atoms with E-state index < -0.39 is 0 Å². The Hall–Kier alpha value is -0.370. The van der Waals surface area contributed by atoms with Gasteiger partial charge in [0, 0.05) is 6.81 Å². The first-order valence-corrected chi connectivity index (χ1v) is 5.56. The van der Waals surface area contributed by atoms with Gasteiger partial charge in [0.25, 0.3) is 0 Å². The molecule has 0 spiro atoms. The Balaban J connectivity index is 0. The van der Waals surface area contributed by atoms with Crippen molar-refractivity contribution in [2.24, 2.45) is 0 Å². The van der Waals surface area contributed by atoms with Crippen LogP contribution in [0.1, 0.15) is 52.7 Å². The zero-order valence-corrected chi connectivity index (χ0v) is 9.53. The van der Waals surface area contributed by atoms with E-state index in [1.54, 1.807) is 11.3 Å². The van der Waals surface area contributed by atoms with Crippen LogP contribution in [0.4, 0.5) is 0 Å². The number of hydrogen-bond acceptors (Lipinski definition) is 2. The van der Waals surface area contributed by atoms with E-state index in [2.05, 4.69) is 31.1 Å². The lowest BCUT2D eigenvalue weighted by Gasteiger charge is -1.95. The first-order valence-electron chi connectivity index (χ1n) is 4.68. The average molecular weight is 187 g/mol. The minimum Gasteiger partial charge on any atom is -0.246 e. The number of thiazole rings is 1. The van der Waals surface area contributed by atoms with Crippen LogP contribution in [-0.4, -0.2) is 4.98 Å². The Bertz CT molecular complexity index is 208. The molecule has 0 aromatic carbocycles. The Morgan fingerprint density at radius 1 is 1.50 bits per heavy atom. The van der Waals surface area contributed by atoms with Crippen LogP contribution < -0.4 is 0 Å². The van der Waals surface area contributed by atoms with Crippen molar-refractivity contribution in [3.05, 3.63) is 16.1 Å². The van der Waals surface area contributed by atoms with Crippen LogP contribution in [0.25, 0.3) is 0 Å². The Morgan fingerprint density at radius 2 is 2.08 bits per heavy atom. The maximum atomic E-state index is 4.45. The highest BCUT2D eigenvalue weighted by atomic mass is 32.1. The minimum atomic E-state index is 0. The van der Waals surface area contributed by atoms with Crippen molar-refractivity contribution in [2.75, 3.05) is 0 Å². The monoisotopic (exact) mass is 187 g/mol. The molecular formula is C10H21NS. The molecule has 0 aliphatic rings. The molecular weight excluding hydrogens is 166 g/mol. The maximum Gasteiger partial charge on any atom is 0.0925 e. The van der Waals surface area contributed by atoms with Gasteiger partial charge < -0.3 is 0 Å². The lowest BCUT2D eigenvalue weighted by molar-refractivity contribution is 0.823. The molecule has 0 aliphatic carbocycles. The summed E-state index contributed by atoms with van der Waals surface area (Å²) in [5, 5.41) is 3.41. The lowest BCUT2D eigenvalue weighted by Crippen LogP contribution is -1.87. The lowest BCUT2D eigenvalue weighted by atomic mass is 10.2. The fraction of sp³-hybridized carbons (Fsp3) is 0.700. The zero-order valence-electron chi connectivity index (χ0n) is 8.72. The first kappa shape index (κ1) is 11.6. The molecule has 0 N–H and O–H groups in total. The average Bonchev–Trinajstić information content (AvgIpc) is 2.55. The molecule has 2 heteroatoms. The second-order valence-electron chi connectivity index (χ2n) is 2.67. The summed E-state index contributed by atoms with van der Waals surface area (Å²) in [6.45, 7) is 10.5. The van der Waals surface area contributed by atoms with Crippen molar-refractivity contribution in [2.45, 2.75) is 47.0 Å². The second-order valence-corrected chi connectivity index (χ2v) is 3.62. The summed E-state index contributed by atoms with van der Waals surface area (Å²) in [6, 6.07) is 0. The molecule has 0 aliphatic heterocycles. The maximum absolute atomic E-state index is 4.45.